The molecule has 0 saturated carbocycles. The second kappa shape index (κ2) is 5.91. The van der Waals surface area contributed by atoms with Crippen LogP contribution in [0.3, 0.4) is 0 Å². The zero-order valence-corrected chi connectivity index (χ0v) is 10.8. The smallest absolute Gasteiger partial charge is 0.257 e. The van der Waals surface area contributed by atoms with E-state index < -0.39 is 0 Å². The van der Waals surface area contributed by atoms with Gasteiger partial charge in [0.2, 0.25) is 0 Å². The first kappa shape index (κ1) is 12.2. The van der Waals surface area contributed by atoms with E-state index >= 15 is 0 Å². The highest BCUT2D eigenvalue weighted by molar-refractivity contribution is 7.99. The highest BCUT2D eigenvalue weighted by Gasteiger charge is 2.19. The lowest BCUT2D eigenvalue weighted by Crippen LogP contribution is -2.33. The van der Waals surface area contributed by atoms with Crippen molar-refractivity contribution in [1.82, 2.24) is 9.88 Å². The molecule has 1 saturated heterocycles. The molecule has 92 valence electrons. The quantitative estimate of drug-likeness (QED) is 0.869. The van der Waals surface area contributed by atoms with Gasteiger partial charge in [0.1, 0.15) is 5.82 Å². The molecule has 0 unspecified atom stereocenters. The number of carbonyl (C=O) groups is 1. The fourth-order valence-electron chi connectivity index (χ4n) is 1.90. The molecule has 1 aliphatic heterocycles. The summed E-state index contributed by atoms with van der Waals surface area (Å²) in [5.74, 6) is 2.93. The van der Waals surface area contributed by atoms with Crippen LogP contribution in [0.5, 0.6) is 0 Å². The summed E-state index contributed by atoms with van der Waals surface area (Å²) in [6.45, 7) is 1.69. The number of thioether (sulfide) groups is 1. The van der Waals surface area contributed by atoms with Crippen LogP contribution in [-0.2, 0) is 0 Å². The van der Waals surface area contributed by atoms with E-state index in [1.807, 2.05) is 22.7 Å². The number of anilines is 1. The maximum atomic E-state index is 12.4. The second-order valence-electron chi connectivity index (χ2n) is 3.91. The van der Waals surface area contributed by atoms with E-state index in [1.165, 1.54) is 0 Å². The highest BCUT2D eigenvalue weighted by atomic mass is 32.2. The summed E-state index contributed by atoms with van der Waals surface area (Å²) >= 11 is 1.92. The molecular formula is C12H17N3OS. The molecule has 0 aliphatic carbocycles. The third kappa shape index (κ3) is 2.91. The third-order valence-corrected chi connectivity index (χ3v) is 3.83. The Morgan fingerprint density at radius 2 is 2.35 bits per heavy atom. The van der Waals surface area contributed by atoms with E-state index in [1.54, 1.807) is 19.3 Å². The molecule has 17 heavy (non-hydrogen) atoms. The minimum Gasteiger partial charge on any atom is -0.372 e. The van der Waals surface area contributed by atoms with Gasteiger partial charge in [0.25, 0.3) is 5.91 Å². The van der Waals surface area contributed by atoms with Crippen LogP contribution in [0, 0.1) is 0 Å². The normalized spacial score (nSPS) is 16.4. The lowest BCUT2D eigenvalue weighted by Gasteiger charge is -2.20. The topological polar surface area (TPSA) is 45.2 Å². The van der Waals surface area contributed by atoms with E-state index in [4.69, 9.17) is 0 Å². The first-order valence-corrected chi connectivity index (χ1v) is 6.98. The molecule has 1 aromatic heterocycles. The molecule has 2 heterocycles. The van der Waals surface area contributed by atoms with Crippen LogP contribution in [0.2, 0.25) is 0 Å². The van der Waals surface area contributed by atoms with Crippen LogP contribution in [0.4, 0.5) is 5.82 Å². The van der Waals surface area contributed by atoms with Crippen LogP contribution in [0.1, 0.15) is 16.8 Å². The Bertz CT molecular complexity index is 389. The number of hydrogen-bond acceptors (Lipinski definition) is 4. The Hall–Kier alpha value is -1.23. The van der Waals surface area contributed by atoms with Crippen molar-refractivity contribution in [3.8, 4) is 0 Å². The van der Waals surface area contributed by atoms with Crippen molar-refractivity contribution in [3.05, 3.63) is 23.9 Å². The predicted molar refractivity (Wildman–Crippen MR) is 71.6 cm³/mol. The van der Waals surface area contributed by atoms with Gasteiger partial charge in [0, 0.05) is 32.1 Å². The zero-order chi connectivity index (χ0) is 12.1. The van der Waals surface area contributed by atoms with Gasteiger partial charge in [-0.2, -0.15) is 11.8 Å². The van der Waals surface area contributed by atoms with Gasteiger partial charge in [-0.25, -0.2) is 4.98 Å². The molecule has 1 N–H and O–H groups in total. The van der Waals surface area contributed by atoms with Gasteiger partial charge in [-0.15, -0.1) is 0 Å². The zero-order valence-electron chi connectivity index (χ0n) is 9.98. The van der Waals surface area contributed by atoms with Crippen molar-refractivity contribution in [2.75, 3.05) is 37.0 Å². The molecule has 1 fully saturated rings. The first-order chi connectivity index (χ1) is 8.33. The van der Waals surface area contributed by atoms with Gasteiger partial charge in [-0.1, -0.05) is 0 Å². The van der Waals surface area contributed by atoms with E-state index in [-0.39, 0.29) is 5.91 Å². The van der Waals surface area contributed by atoms with Crippen LogP contribution in [0.15, 0.2) is 18.3 Å². The minimum absolute atomic E-state index is 0.0879. The highest BCUT2D eigenvalue weighted by Crippen LogP contribution is 2.17. The summed E-state index contributed by atoms with van der Waals surface area (Å²) in [6, 6.07) is 3.64. The standard InChI is InChI=1S/C12H17N3OS/c1-13-11-10(4-2-5-14-11)12(16)15-6-3-8-17-9-7-15/h2,4-5H,3,6-9H2,1H3,(H,13,14). The summed E-state index contributed by atoms with van der Waals surface area (Å²) in [5, 5.41) is 2.97. The van der Waals surface area contributed by atoms with Gasteiger partial charge in [-0.05, 0) is 24.3 Å². The summed E-state index contributed by atoms with van der Waals surface area (Å²) in [6.07, 6.45) is 2.77. The number of nitrogens with one attached hydrogen (secondary N) is 1. The Labute approximate surface area is 106 Å². The number of pyridine rings is 1. The average molecular weight is 251 g/mol. The average Bonchev–Trinajstić information content (AvgIpc) is 2.66. The molecule has 1 aliphatic rings. The minimum atomic E-state index is 0.0879. The van der Waals surface area contributed by atoms with Crippen molar-refractivity contribution < 1.29 is 4.79 Å². The monoisotopic (exact) mass is 251 g/mol. The van der Waals surface area contributed by atoms with Gasteiger partial charge in [0.05, 0.1) is 5.56 Å². The van der Waals surface area contributed by atoms with Gasteiger partial charge in [-0.3, -0.25) is 4.79 Å². The van der Waals surface area contributed by atoms with E-state index in [2.05, 4.69) is 10.3 Å². The maximum Gasteiger partial charge on any atom is 0.257 e. The van der Waals surface area contributed by atoms with E-state index in [0.717, 1.165) is 31.0 Å². The molecule has 0 bridgehead atoms. The molecule has 0 aromatic carbocycles. The van der Waals surface area contributed by atoms with Crippen molar-refractivity contribution >= 4 is 23.5 Å². The van der Waals surface area contributed by atoms with Gasteiger partial charge >= 0.3 is 0 Å². The molecule has 0 atom stereocenters. The molecule has 4 nitrogen and oxygen atoms in total. The fraction of sp³-hybridized carbons (Fsp3) is 0.500. The molecule has 2 rings (SSSR count). The molecule has 1 amide bonds. The van der Waals surface area contributed by atoms with E-state index in [0.29, 0.717) is 11.4 Å². The number of amides is 1. The van der Waals surface area contributed by atoms with Crippen LogP contribution in [-0.4, -0.2) is 47.4 Å². The Kier molecular flexibility index (Phi) is 4.25. The lowest BCUT2D eigenvalue weighted by molar-refractivity contribution is 0.0769. The molecular weight excluding hydrogens is 234 g/mol. The summed E-state index contributed by atoms with van der Waals surface area (Å²) in [7, 11) is 1.79. The van der Waals surface area contributed by atoms with Crippen LogP contribution >= 0.6 is 11.8 Å². The predicted octanol–water partition coefficient (Wildman–Crippen LogP) is 1.70. The van der Waals surface area contributed by atoms with E-state index in [9.17, 15) is 4.79 Å². The molecule has 0 radical (unpaired) electrons. The largest absolute Gasteiger partial charge is 0.372 e. The van der Waals surface area contributed by atoms with Gasteiger partial charge < -0.3 is 10.2 Å². The lowest BCUT2D eigenvalue weighted by atomic mass is 10.2. The SMILES string of the molecule is CNc1ncccc1C(=O)N1CCCSCC1. The molecule has 5 heteroatoms. The number of rotatable bonds is 2. The number of hydrogen-bond donors (Lipinski definition) is 1. The third-order valence-electron chi connectivity index (χ3n) is 2.78. The summed E-state index contributed by atoms with van der Waals surface area (Å²) in [4.78, 5) is 18.5. The molecule has 1 aromatic rings. The number of aromatic nitrogens is 1. The van der Waals surface area contributed by atoms with Crippen LogP contribution in [0.25, 0.3) is 0 Å². The number of nitrogens with zero attached hydrogens (tertiary/aromatic N) is 2. The summed E-state index contributed by atoms with van der Waals surface area (Å²) < 4.78 is 0. The van der Waals surface area contributed by atoms with Crippen molar-refractivity contribution in [3.63, 3.8) is 0 Å². The fourth-order valence-corrected chi connectivity index (χ4v) is 2.78. The Morgan fingerprint density at radius 3 is 3.18 bits per heavy atom. The maximum absolute atomic E-state index is 12.4. The summed E-state index contributed by atoms with van der Waals surface area (Å²) in [5.41, 5.74) is 0.668. The molecule has 0 spiro atoms. The second-order valence-corrected chi connectivity index (χ2v) is 5.13. The van der Waals surface area contributed by atoms with Crippen molar-refractivity contribution in [1.29, 1.82) is 0 Å². The first-order valence-electron chi connectivity index (χ1n) is 5.82. The Morgan fingerprint density at radius 1 is 1.47 bits per heavy atom. The number of carbonyl (C=O) groups excluding carboxylic acids is 1. The van der Waals surface area contributed by atoms with Crippen LogP contribution < -0.4 is 5.32 Å². The van der Waals surface area contributed by atoms with Crippen molar-refractivity contribution in [2.45, 2.75) is 6.42 Å². The van der Waals surface area contributed by atoms with Gasteiger partial charge in [0.15, 0.2) is 0 Å². The Balaban J connectivity index is 2.17. The van der Waals surface area contributed by atoms with Crippen molar-refractivity contribution in [2.24, 2.45) is 0 Å².